The molecule has 1 aliphatic carbocycles. The first-order valence-corrected chi connectivity index (χ1v) is 31.9. The Morgan fingerprint density at radius 3 is 0.870 bits per heavy atom. The lowest BCUT2D eigenvalue weighted by atomic mass is 9.86. The number of carbonyl (C=O) groups excluding carboxylic acids is 2. The highest BCUT2D eigenvalue weighted by atomic mass is 16.3. The van der Waals surface area contributed by atoms with Crippen molar-refractivity contribution in [2.75, 3.05) is 45.8 Å². The second-order valence-electron chi connectivity index (χ2n) is 22.6. The summed E-state index contributed by atoms with van der Waals surface area (Å²) >= 11 is 0. The maximum atomic E-state index is 13.5. The van der Waals surface area contributed by atoms with Crippen molar-refractivity contribution in [2.45, 2.75) is 342 Å². The number of hydrogen-bond donors (Lipinski definition) is 1. The van der Waals surface area contributed by atoms with Crippen molar-refractivity contribution in [2.24, 2.45) is 5.92 Å². The minimum Gasteiger partial charge on any atom is -0.393 e. The molecule has 1 N–H and O–H groups in total. The second-order valence-corrected chi connectivity index (χ2v) is 22.6. The molecule has 0 bridgehead atoms. The van der Waals surface area contributed by atoms with Crippen LogP contribution in [0.4, 0.5) is 0 Å². The molecule has 0 aromatic heterocycles. The molecular formula is C63H125N3O3. The third kappa shape index (κ3) is 42.0. The maximum absolute atomic E-state index is 13.5. The van der Waals surface area contributed by atoms with Crippen LogP contribution >= 0.6 is 0 Å². The van der Waals surface area contributed by atoms with Crippen molar-refractivity contribution < 1.29 is 14.7 Å². The van der Waals surface area contributed by atoms with E-state index in [0.717, 1.165) is 90.8 Å². The molecule has 1 rings (SSSR count). The highest BCUT2D eigenvalue weighted by Gasteiger charge is 2.25. The zero-order valence-corrected chi connectivity index (χ0v) is 47.7. The largest absolute Gasteiger partial charge is 0.393 e. The maximum Gasteiger partial charge on any atom is 0.222 e. The molecule has 1 fully saturated rings. The summed E-state index contributed by atoms with van der Waals surface area (Å²) in [6, 6.07) is 0. The Morgan fingerprint density at radius 2 is 0.580 bits per heavy atom. The van der Waals surface area contributed by atoms with Crippen molar-refractivity contribution >= 4 is 11.8 Å². The molecule has 1 saturated carbocycles. The van der Waals surface area contributed by atoms with Gasteiger partial charge >= 0.3 is 0 Å². The average Bonchev–Trinajstić information content (AvgIpc) is 3.35. The third-order valence-corrected chi connectivity index (χ3v) is 15.9. The molecule has 0 unspecified atom stereocenters. The smallest absolute Gasteiger partial charge is 0.222 e. The molecule has 2 amide bonds. The van der Waals surface area contributed by atoms with Gasteiger partial charge in [-0.3, -0.25) is 9.59 Å². The van der Waals surface area contributed by atoms with Gasteiger partial charge in [-0.2, -0.15) is 0 Å². The normalized spacial score (nSPS) is 15.1. The molecule has 0 saturated heterocycles. The Hall–Kier alpha value is -1.14. The van der Waals surface area contributed by atoms with Crippen LogP contribution in [0.15, 0.2) is 0 Å². The van der Waals surface area contributed by atoms with Crippen LogP contribution in [0.1, 0.15) is 336 Å². The van der Waals surface area contributed by atoms with E-state index in [-0.39, 0.29) is 6.10 Å². The fraction of sp³-hybridized carbons (Fsp3) is 0.968. The third-order valence-electron chi connectivity index (χ3n) is 15.9. The number of nitrogens with zero attached hydrogens (tertiary/aromatic N) is 3. The van der Waals surface area contributed by atoms with Crippen LogP contribution in [-0.4, -0.2) is 83.5 Å². The van der Waals surface area contributed by atoms with E-state index < -0.39 is 0 Å². The summed E-state index contributed by atoms with van der Waals surface area (Å²) in [6.07, 6.45) is 59.9. The molecule has 0 spiro atoms. The Bertz CT molecular complexity index is 960. The van der Waals surface area contributed by atoms with E-state index in [4.69, 9.17) is 0 Å². The Morgan fingerprint density at radius 1 is 0.333 bits per heavy atom. The summed E-state index contributed by atoms with van der Waals surface area (Å²) < 4.78 is 0. The topological polar surface area (TPSA) is 64.1 Å². The highest BCUT2D eigenvalue weighted by molar-refractivity contribution is 5.76. The van der Waals surface area contributed by atoms with Crippen LogP contribution < -0.4 is 0 Å². The van der Waals surface area contributed by atoms with Gasteiger partial charge in [-0.25, -0.2) is 0 Å². The minimum absolute atomic E-state index is 0.132. The molecule has 0 aromatic carbocycles. The molecule has 1 aliphatic rings. The molecule has 69 heavy (non-hydrogen) atoms. The quantitative estimate of drug-likeness (QED) is 0.0617. The minimum atomic E-state index is -0.132. The summed E-state index contributed by atoms with van der Waals surface area (Å²) in [7, 11) is 0. The Labute approximate surface area is 433 Å². The number of unbranched alkanes of at least 4 members (excludes halogenated alkanes) is 36. The number of hydrogen-bond acceptors (Lipinski definition) is 4. The van der Waals surface area contributed by atoms with Gasteiger partial charge in [0.1, 0.15) is 0 Å². The summed E-state index contributed by atoms with van der Waals surface area (Å²) in [4.78, 5) is 34.2. The molecule has 0 aliphatic heterocycles. The van der Waals surface area contributed by atoms with Crippen molar-refractivity contribution in [1.29, 1.82) is 0 Å². The summed E-state index contributed by atoms with van der Waals surface area (Å²) in [6.45, 7) is 16.3. The van der Waals surface area contributed by atoms with Gasteiger partial charge in [-0.05, 0) is 83.2 Å². The Kier molecular flexibility index (Phi) is 49.4. The van der Waals surface area contributed by atoms with Crippen LogP contribution in [0.2, 0.25) is 0 Å². The lowest BCUT2D eigenvalue weighted by Gasteiger charge is -2.33. The monoisotopic (exact) mass is 972 g/mol. The summed E-state index contributed by atoms with van der Waals surface area (Å²) in [5, 5.41) is 10.9. The van der Waals surface area contributed by atoms with Crippen LogP contribution in [0.3, 0.4) is 0 Å². The zero-order chi connectivity index (χ0) is 49.9. The molecule has 0 aromatic rings. The van der Waals surface area contributed by atoms with E-state index in [1.165, 1.54) is 263 Å². The molecule has 0 radical (unpaired) electrons. The zero-order valence-electron chi connectivity index (χ0n) is 47.7. The summed E-state index contributed by atoms with van der Waals surface area (Å²) in [5.41, 5.74) is 0. The average molecular weight is 973 g/mol. The van der Waals surface area contributed by atoms with E-state index in [9.17, 15) is 14.7 Å². The molecular weight excluding hydrogens is 847 g/mol. The van der Waals surface area contributed by atoms with Gasteiger partial charge in [0.15, 0.2) is 0 Å². The molecule has 6 nitrogen and oxygen atoms in total. The van der Waals surface area contributed by atoms with Crippen LogP contribution in [-0.2, 0) is 9.59 Å². The SMILES string of the molecule is CCCCCCCCCCN(CCCCCCCCCC)C(=O)CCCCCCCN(CCCCCCCC(=O)N(CCCCCCCCCC)CCCCCCCCCC)C[C@H]1CCCC[C@H]1O. The van der Waals surface area contributed by atoms with E-state index in [1.54, 1.807) is 0 Å². The van der Waals surface area contributed by atoms with Gasteiger partial charge in [-0.15, -0.1) is 0 Å². The number of carbonyl (C=O) groups is 2. The lowest BCUT2D eigenvalue weighted by Crippen LogP contribution is -2.38. The second kappa shape index (κ2) is 51.7. The van der Waals surface area contributed by atoms with Gasteiger partial charge in [-0.1, -0.05) is 259 Å². The number of aliphatic hydroxyl groups excluding tert-OH is 1. The van der Waals surface area contributed by atoms with E-state index in [0.29, 0.717) is 17.7 Å². The Balaban J connectivity index is 2.47. The van der Waals surface area contributed by atoms with Gasteiger partial charge in [0.25, 0.3) is 0 Å². The van der Waals surface area contributed by atoms with Crippen LogP contribution in [0.5, 0.6) is 0 Å². The van der Waals surface area contributed by atoms with Gasteiger partial charge in [0.2, 0.25) is 11.8 Å². The van der Waals surface area contributed by atoms with Crippen molar-refractivity contribution in [3.8, 4) is 0 Å². The number of aliphatic hydroxyl groups is 1. The van der Waals surface area contributed by atoms with Crippen LogP contribution in [0.25, 0.3) is 0 Å². The first-order valence-electron chi connectivity index (χ1n) is 31.9. The predicted octanol–water partition coefficient (Wildman–Crippen LogP) is 18.7. The van der Waals surface area contributed by atoms with Gasteiger partial charge < -0.3 is 19.8 Å². The van der Waals surface area contributed by atoms with Gasteiger partial charge in [0.05, 0.1) is 6.10 Å². The number of amides is 2. The predicted molar refractivity (Wildman–Crippen MR) is 303 cm³/mol. The molecule has 2 atom stereocenters. The number of rotatable bonds is 54. The fourth-order valence-corrected chi connectivity index (χ4v) is 11.1. The highest BCUT2D eigenvalue weighted by Crippen LogP contribution is 2.26. The molecule has 410 valence electrons. The summed E-state index contributed by atoms with van der Waals surface area (Å²) in [5.74, 6) is 1.25. The van der Waals surface area contributed by atoms with Gasteiger partial charge in [0, 0.05) is 45.6 Å². The van der Waals surface area contributed by atoms with E-state index >= 15 is 0 Å². The lowest BCUT2D eigenvalue weighted by molar-refractivity contribution is -0.132. The van der Waals surface area contributed by atoms with Crippen molar-refractivity contribution in [3.05, 3.63) is 0 Å². The first kappa shape index (κ1) is 65.9. The van der Waals surface area contributed by atoms with Crippen LogP contribution in [0, 0.1) is 5.92 Å². The fourth-order valence-electron chi connectivity index (χ4n) is 11.1. The van der Waals surface area contributed by atoms with E-state index in [1.807, 2.05) is 0 Å². The standard InChI is InChI=1S/C63H125N3O3/c1-5-9-13-17-21-25-35-45-55-65(56-46-36-26-22-18-14-10-6-2)62(68)51-39-31-29-33-43-53-64(59-60-49-41-42-50-61(60)67)54-44-34-30-32-40-52-63(69)66(57-47-37-27-23-19-15-11-7-3)58-48-38-28-24-20-16-12-8-4/h60-61,67H,5-59H2,1-4H3/t60-,61-/m1/s1. The molecule has 0 heterocycles. The van der Waals surface area contributed by atoms with Crippen molar-refractivity contribution in [1.82, 2.24) is 14.7 Å². The molecule has 6 heteroatoms. The van der Waals surface area contributed by atoms with E-state index in [2.05, 4.69) is 42.4 Å². The van der Waals surface area contributed by atoms with Crippen molar-refractivity contribution in [3.63, 3.8) is 0 Å². The first-order chi connectivity index (χ1) is 34.0.